The van der Waals surface area contributed by atoms with Crippen molar-refractivity contribution in [2.45, 2.75) is 25.7 Å². The minimum Gasteiger partial charge on any atom is -0.453 e. The van der Waals surface area contributed by atoms with Crippen LogP contribution in [0.1, 0.15) is 37.0 Å². The molecule has 0 amide bonds. The minimum atomic E-state index is -0.0483. The number of hydrogen-bond acceptors (Lipinski definition) is 4. The van der Waals surface area contributed by atoms with E-state index in [1.807, 2.05) is 0 Å². The number of ether oxygens (including phenoxy) is 2. The van der Waals surface area contributed by atoms with Crippen molar-refractivity contribution in [1.82, 2.24) is 0 Å². The molecule has 0 N–H and O–H groups in total. The molecule has 15 rings (SSSR count). The van der Waals surface area contributed by atoms with Gasteiger partial charge in [-0.2, -0.15) is 0 Å². The van der Waals surface area contributed by atoms with E-state index in [4.69, 9.17) is 9.47 Å². The zero-order valence-electron chi connectivity index (χ0n) is 40.5. The number of benzene rings is 11. The summed E-state index contributed by atoms with van der Waals surface area (Å²) in [4.78, 5) is 4.75. The first kappa shape index (κ1) is 41.6. The van der Waals surface area contributed by atoms with Crippen LogP contribution in [-0.4, -0.2) is 0 Å². The van der Waals surface area contributed by atoms with Crippen LogP contribution in [0, 0.1) is 5.92 Å². The van der Waals surface area contributed by atoms with Crippen molar-refractivity contribution in [3.05, 3.63) is 253 Å². The molecule has 4 nitrogen and oxygen atoms in total. The molecular formula is C69H48N2O2. The van der Waals surface area contributed by atoms with E-state index in [2.05, 4.69) is 260 Å². The lowest BCUT2D eigenvalue weighted by Gasteiger charge is -2.34. The van der Waals surface area contributed by atoms with Gasteiger partial charge in [-0.25, -0.2) is 0 Å². The molecule has 11 aromatic rings. The fraction of sp³-hybridized carbons (Fsp3) is 0.0725. The average molecular weight is 937 g/mol. The quantitative estimate of drug-likeness (QED) is 0.161. The van der Waals surface area contributed by atoms with Gasteiger partial charge < -0.3 is 19.3 Å². The van der Waals surface area contributed by atoms with Crippen molar-refractivity contribution in [2.75, 3.05) is 9.80 Å². The standard InChI is InChI=1S/C69H48N2O2/c1-69(2)57-21-6-5-20-51(57)52-35-32-48(40-58(52)69)68-54-37-34-49(70-59-22-7-11-26-63(59)72-64-27-12-8-23-60(64)70)41-55(54)67(47-19-15-18-45(39-47)46-31-30-43-16-3-4-17-44(43)38-46)53-36-33-50(42-56(53)68)71-61-24-9-13-28-65(61)73-66-29-14-10-25-62(66)71/h3-39,41-42,58H,40H2,1-2H3. The van der Waals surface area contributed by atoms with Crippen LogP contribution in [0.3, 0.4) is 0 Å². The lowest BCUT2D eigenvalue weighted by atomic mass is 9.71. The van der Waals surface area contributed by atoms with Gasteiger partial charge in [0.15, 0.2) is 23.0 Å². The summed E-state index contributed by atoms with van der Waals surface area (Å²) in [6.45, 7) is 4.88. The molecule has 0 radical (unpaired) electrons. The van der Waals surface area contributed by atoms with Gasteiger partial charge in [0.1, 0.15) is 0 Å². The number of nitrogens with zero attached hydrogens (tertiary/aromatic N) is 2. The van der Waals surface area contributed by atoms with E-state index in [0.29, 0.717) is 5.92 Å². The average Bonchev–Trinajstić information content (AvgIpc) is 3.67. The third kappa shape index (κ3) is 6.40. The molecule has 1 atom stereocenters. The van der Waals surface area contributed by atoms with Crippen LogP contribution < -0.4 is 19.3 Å². The Morgan fingerprint density at radius 3 is 1.53 bits per heavy atom. The Bertz CT molecular complexity index is 4110. The monoisotopic (exact) mass is 936 g/mol. The maximum atomic E-state index is 6.56. The molecule has 2 aliphatic carbocycles. The summed E-state index contributed by atoms with van der Waals surface area (Å²) in [7, 11) is 0. The fourth-order valence-electron chi connectivity index (χ4n) is 12.6. The van der Waals surface area contributed by atoms with Gasteiger partial charge in [0.05, 0.1) is 22.7 Å². The maximum absolute atomic E-state index is 6.56. The highest BCUT2D eigenvalue weighted by Gasteiger charge is 2.44. The number of rotatable bonds is 5. The van der Waals surface area contributed by atoms with Crippen LogP contribution in [0.5, 0.6) is 23.0 Å². The molecular weight excluding hydrogens is 889 g/mol. The zero-order valence-corrected chi connectivity index (χ0v) is 40.5. The van der Waals surface area contributed by atoms with Gasteiger partial charge >= 0.3 is 0 Å². The largest absolute Gasteiger partial charge is 0.453 e. The van der Waals surface area contributed by atoms with Crippen molar-refractivity contribution >= 4 is 77.6 Å². The maximum Gasteiger partial charge on any atom is 0.151 e. The highest BCUT2D eigenvalue weighted by molar-refractivity contribution is 6.21. The first-order valence-corrected chi connectivity index (χ1v) is 25.4. The summed E-state index contributed by atoms with van der Waals surface area (Å²) >= 11 is 0. The number of allylic oxidation sites excluding steroid dienone is 4. The molecule has 1 unspecified atom stereocenters. The topological polar surface area (TPSA) is 24.9 Å². The first-order valence-electron chi connectivity index (χ1n) is 25.4. The SMILES string of the molecule is CC1(C)c2ccccc2C2=CC=C(c3c4cc(N5c6ccccc6Oc6ccccc65)ccc4c(-c4cccc(-c5ccc6ccccc6c5)c4)c4cc(N5c6ccccc6Oc6ccccc65)ccc34)CC21. The number of para-hydroxylation sites is 8. The van der Waals surface area contributed by atoms with Crippen molar-refractivity contribution < 1.29 is 9.47 Å². The van der Waals surface area contributed by atoms with Crippen molar-refractivity contribution in [3.63, 3.8) is 0 Å². The molecule has 0 aromatic heterocycles. The van der Waals surface area contributed by atoms with E-state index >= 15 is 0 Å². The van der Waals surface area contributed by atoms with Gasteiger partial charge in [-0.05, 0) is 185 Å². The van der Waals surface area contributed by atoms with Gasteiger partial charge in [-0.1, -0.05) is 166 Å². The summed E-state index contributed by atoms with van der Waals surface area (Å²) in [6, 6.07) is 81.6. The van der Waals surface area contributed by atoms with Crippen LogP contribution in [0.4, 0.5) is 34.1 Å². The van der Waals surface area contributed by atoms with E-state index in [1.54, 1.807) is 0 Å². The summed E-state index contributed by atoms with van der Waals surface area (Å²) in [5, 5.41) is 7.28. The molecule has 346 valence electrons. The number of anilines is 6. The fourth-order valence-corrected chi connectivity index (χ4v) is 12.6. The van der Waals surface area contributed by atoms with Gasteiger partial charge in [0.25, 0.3) is 0 Å². The first-order chi connectivity index (χ1) is 35.9. The Kier molecular flexibility index (Phi) is 9.10. The van der Waals surface area contributed by atoms with Gasteiger partial charge in [0.2, 0.25) is 0 Å². The zero-order chi connectivity index (χ0) is 48.4. The van der Waals surface area contributed by atoms with E-state index in [-0.39, 0.29) is 5.41 Å². The van der Waals surface area contributed by atoms with Crippen molar-refractivity contribution in [2.24, 2.45) is 5.92 Å². The molecule has 4 heteroatoms. The summed E-state index contributed by atoms with van der Waals surface area (Å²) < 4.78 is 13.1. The molecule has 2 aliphatic heterocycles. The van der Waals surface area contributed by atoms with Crippen LogP contribution in [0.2, 0.25) is 0 Å². The Morgan fingerprint density at radius 2 is 0.904 bits per heavy atom. The third-order valence-electron chi connectivity index (χ3n) is 16.1. The molecule has 0 saturated heterocycles. The summed E-state index contributed by atoms with van der Waals surface area (Å²) in [5.41, 5.74) is 17.7. The smallest absolute Gasteiger partial charge is 0.151 e. The van der Waals surface area contributed by atoms with Crippen molar-refractivity contribution in [3.8, 4) is 45.3 Å². The third-order valence-corrected chi connectivity index (χ3v) is 16.1. The molecule has 0 fully saturated rings. The highest BCUT2D eigenvalue weighted by Crippen LogP contribution is 2.58. The number of hydrogen-bond donors (Lipinski definition) is 0. The second-order valence-electron chi connectivity index (χ2n) is 20.4. The minimum absolute atomic E-state index is 0.0483. The predicted octanol–water partition coefficient (Wildman–Crippen LogP) is 19.4. The van der Waals surface area contributed by atoms with E-state index in [9.17, 15) is 0 Å². The second-order valence-corrected chi connectivity index (χ2v) is 20.4. The van der Waals surface area contributed by atoms with Gasteiger partial charge in [-0.15, -0.1) is 0 Å². The Morgan fingerprint density at radius 1 is 0.397 bits per heavy atom. The molecule has 73 heavy (non-hydrogen) atoms. The van der Waals surface area contributed by atoms with Gasteiger partial charge in [-0.3, -0.25) is 0 Å². The molecule has 0 spiro atoms. The van der Waals surface area contributed by atoms with Crippen molar-refractivity contribution in [1.29, 1.82) is 0 Å². The van der Waals surface area contributed by atoms with Crippen LogP contribution >= 0.6 is 0 Å². The van der Waals surface area contributed by atoms with Gasteiger partial charge in [0, 0.05) is 11.4 Å². The molecule has 0 bridgehead atoms. The number of fused-ring (bicyclic) bond motifs is 10. The highest BCUT2D eigenvalue weighted by atomic mass is 16.5. The summed E-state index contributed by atoms with van der Waals surface area (Å²) in [5.74, 6) is 3.65. The van der Waals surface area contributed by atoms with E-state index in [0.717, 1.165) is 69.1 Å². The molecule has 4 aliphatic rings. The Balaban J connectivity index is 1.03. The predicted molar refractivity (Wildman–Crippen MR) is 303 cm³/mol. The van der Waals surface area contributed by atoms with Crippen LogP contribution in [-0.2, 0) is 5.41 Å². The molecule has 2 heterocycles. The molecule has 11 aromatic carbocycles. The molecule has 0 saturated carbocycles. The summed E-state index contributed by atoms with van der Waals surface area (Å²) in [6.07, 6.45) is 5.78. The Hall–Kier alpha value is -9.12. The van der Waals surface area contributed by atoms with E-state index in [1.165, 1.54) is 76.8 Å². The van der Waals surface area contributed by atoms with E-state index < -0.39 is 0 Å². The van der Waals surface area contributed by atoms with Crippen LogP contribution in [0.25, 0.3) is 65.7 Å². The van der Waals surface area contributed by atoms with Crippen LogP contribution in [0.15, 0.2) is 237 Å². The lowest BCUT2D eigenvalue weighted by molar-refractivity contribution is 0.418. The second kappa shape index (κ2) is 15.9. The Labute approximate surface area is 425 Å². The lowest BCUT2D eigenvalue weighted by Crippen LogP contribution is -2.25. The normalized spacial score (nSPS) is 15.8.